The minimum absolute atomic E-state index is 0.0365. The Balaban J connectivity index is 1.23. The van der Waals surface area contributed by atoms with E-state index in [1.807, 2.05) is 24.3 Å². The van der Waals surface area contributed by atoms with Gasteiger partial charge < -0.3 is 33.7 Å². The minimum Gasteiger partial charge on any atom is -0.480 e. The van der Waals surface area contributed by atoms with Gasteiger partial charge >= 0.3 is 12.1 Å². The van der Waals surface area contributed by atoms with Crippen molar-refractivity contribution in [2.45, 2.75) is 5.92 Å². The minimum atomic E-state index is -1.00. The molecule has 9 nitrogen and oxygen atoms in total. The van der Waals surface area contributed by atoms with Crippen LogP contribution in [0.4, 0.5) is 4.79 Å². The van der Waals surface area contributed by atoms with Gasteiger partial charge in [0.15, 0.2) is 0 Å². The quantitative estimate of drug-likeness (QED) is 0.361. The number of carboxylic acids is 1. The zero-order valence-corrected chi connectivity index (χ0v) is 20.0. The number of carbonyl (C=O) groups excluding carboxylic acids is 1. The summed E-state index contributed by atoms with van der Waals surface area (Å²) in [4.78, 5) is 24.3. The summed E-state index contributed by atoms with van der Waals surface area (Å²) in [7, 11) is 1.69. The maximum absolute atomic E-state index is 12.5. The van der Waals surface area contributed by atoms with E-state index in [0.717, 1.165) is 0 Å². The van der Waals surface area contributed by atoms with E-state index < -0.39 is 5.97 Å². The molecule has 0 saturated carbocycles. The third-order valence-corrected chi connectivity index (χ3v) is 5.56. The number of hydrogen-bond donors (Lipinski definition) is 1. The summed E-state index contributed by atoms with van der Waals surface area (Å²) >= 11 is 0. The molecular formula is C26H33NO8. The molecule has 190 valence electrons. The maximum atomic E-state index is 12.5. The maximum Gasteiger partial charge on any atom is 0.409 e. The van der Waals surface area contributed by atoms with Gasteiger partial charge in [-0.25, -0.2) is 9.59 Å². The molecule has 35 heavy (non-hydrogen) atoms. The SMILES string of the molecule is CN(CCOCCOCCOCCOCC(=O)O)C(=O)OCC1c2ccccc2-c2ccccc21. The number of rotatable bonds is 16. The zero-order chi connectivity index (χ0) is 24.9. The Hall–Kier alpha value is -2.98. The molecule has 0 fully saturated rings. The molecule has 0 aliphatic heterocycles. The molecule has 2 aromatic rings. The van der Waals surface area contributed by atoms with Gasteiger partial charge in [0.25, 0.3) is 0 Å². The standard InChI is InChI=1S/C26H33NO8/c1-27(10-11-31-12-13-32-14-15-33-16-17-34-19-25(28)29)26(30)35-18-24-22-8-4-2-6-20(22)21-7-3-5-9-23(21)24/h2-9,24H,10-19H2,1H3,(H,28,29). The van der Waals surface area contributed by atoms with Crippen molar-refractivity contribution in [1.29, 1.82) is 0 Å². The first kappa shape index (κ1) is 26.6. The fourth-order valence-corrected chi connectivity index (χ4v) is 3.82. The first-order chi connectivity index (χ1) is 17.1. The number of aliphatic carboxylic acids is 1. The van der Waals surface area contributed by atoms with Gasteiger partial charge in [0, 0.05) is 19.5 Å². The van der Waals surface area contributed by atoms with Crippen LogP contribution in [0.3, 0.4) is 0 Å². The molecule has 9 heteroatoms. The summed E-state index contributed by atoms with van der Waals surface area (Å²) in [5.41, 5.74) is 4.77. The second-order valence-corrected chi connectivity index (χ2v) is 8.01. The van der Waals surface area contributed by atoms with Crippen LogP contribution in [0.15, 0.2) is 48.5 Å². The van der Waals surface area contributed by atoms with Gasteiger partial charge in [-0.1, -0.05) is 48.5 Å². The lowest BCUT2D eigenvalue weighted by atomic mass is 9.98. The molecule has 0 radical (unpaired) electrons. The number of hydrogen-bond acceptors (Lipinski definition) is 7. The number of nitrogens with zero attached hydrogens (tertiary/aromatic N) is 1. The lowest BCUT2D eigenvalue weighted by Gasteiger charge is -2.19. The number of carbonyl (C=O) groups is 2. The van der Waals surface area contributed by atoms with Crippen LogP contribution < -0.4 is 0 Å². The molecule has 0 atom stereocenters. The topological polar surface area (TPSA) is 104 Å². The van der Waals surface area contributed by atoms with E-state index in [2.05, 4.69) is 24.3 Å². The van der Waals surface area contributed by atoms with E-state index in [1.54, 1.807) is 7.05 Å². The Morgan fingerprint density at radius 2 is 1.26 bits per heavy atom. The summed E-state index contributed by atoms with van der Waals surface area (Å²) in [6.07, 6.45) is -0.379. The van der Waals surface area contributed by atoms with E-state index in [-0.39, 0.29) is 25.2 Å². The summed E-state index contributed by atoms with van der Waals surface area (Å²) in [6, 6.07) is 16.5. The van der Waals surface area contributed by atoms with Gasteiger partial charge in [0.05, 0.1) is 46.2 Å². The average molecular weight is 488 g/mol. The number of fused-ring (bicyclic) bond motifs is 3. The first-order valence-corrected chi connectivity index (χ1v) is 11.7. The lowest BCUT2D eigenvalue weighted by Crippen LogP contribution is -2.32. The summed E-state index contributed by atoms with van der Waals surface area (Å²) < 4.78 is 26.6. The van der Waals surface area contributed by atoms with Crippen molar-refractivity contribution >= 4 is 12.1 Å². The van der Waals surface area contributed by atoms with E-state index in [9.17, 15) is 9.59 Å². The number of likely N-dealkylation sites (N-methyl/N-ethyl adjacent to an activating group) is 1. The van der Waals surface area contributed by atoms with Crippen LogP contribution in [0, 0.1) is 0 Å². The van der Waals surface area contributed by atoms with Crippen molar-refractivity contribution in [1.82, 2.24) is 4.90 Å². The number of carboxylic acid groups (broad SMARTS) is 1. The highest BCUT2D eigenvalue weighted by Crippen LogP contribution is 2.44. The van der Waals surface area contributed by atoms with Crippen molar-refractivity contribution in [3.63, 3.8) is 0 Å². The zero-order valence-electron chi connectivity index (χ0n) is 20.0. The van der Waals surface area contributed by atoms with Crippen molar-refractivity contribution in [3.05, 3.63) is 59.7 Å². The third kappa shape index (κ3) is 8.32. The lowest BCUT2D eigenvalue weighted by molar-refractivity contribution is -0.142. The molecule has 0 bridgehead atoms. The molecule has 1 N–H and O–H groups in total. The second-order valence-electron chi connectivity index (χ2n) is 8.01. The average Bonchev–Trinajstić information content (AvgIpc) is 3.18. The van der Waals surface area contributed by atoms with Crippen molar-refractivity contribution in [2.24, 2.45) is 0 Å². The number of benzene rings is 2. The van der Waals surface area contributed by atoms with Gasteiger partial charge in [0.1, 0.15) is 13.2 Å². The number of amides is 1. The highest BCUT2D eigenvalue weighted by molar-refractivity contribution is 5.79. The molecule has 1 amide bonds. The Kier molecular flexibility index (Phi) is 11.0. The van der Waals surface area contributed by atoms with Crippen LogP contribution in [-0.4, -0.2) is 95.1 Å². The van der Waals surface area contributed by atoms with Crippen LogP contribution in [-0.2, 0) is 28.5 Å². The molecular weight excluding hydrogens is 454 g/mol. The van der Waals surface area contributed by atoms with Gasteiger partial charge in [0.2, 0.25) is 0 Å². The van der Waals surface area contributed by atoms with Gasteiger partial charge in [-0.3, -0.25) is 0 Å². The van der Waals surface area contributed by atoms with E-state index in [1.165, 1.54) is 27.2 Å². The normalized spacial score (nSPS) is 12.3. The highest BCUT2D eigenvalue weighted by Gasteiger charge is 2.29. The molecule has 1 aliphatic rings. The predicted molar refractivity (Wildman–Crippen MR) is 129 cm³/mol. The van der Waals surface area contributed by atoms with Crippen LogP contribution in [0.2, 0.25) is 0 Å². The summed E-state index contributed by atoms with van der Waals surface area (Å²) in [5.74, 6) is -0.966. The van der Waals surface area contributed by atoms with E-state index >= 15 is 0 Å². The summed E-state index contributed by atoms with van der Waals surface area (Å²) in [6.45, 7) is 2.91. The third-order valence-electron chi connectivity index (χ3n) is 5.56. The van der Waals surface area contributed by atoms with E-state index in [0.29, 0.717) is 52.8 Å². The van der Waals surface area contributed by atoms with Gasteiger partial charge in [-0.15, -0.1) is 0 Å². The molecule has 0 saturated heterocycles. The Labute approximate surface area is 205 Å². The van der Waals surface area contributed by atoms with Crippen molar-refractivity contribution in [3.8, 4) is 11.1 Å². The van der Waals surface area contributed by atoms with Crippen LogP contribution >= 0.6 is 0 Å². The van der Waals surface area contributed by atoms with Crippen LogP contribution in [0.5, 0.6) is 0 Å². The van der Waals surface area contributed by atoms with Gasteiger partial charge in [-0.2, -0.15) is 0 Å². The van der Waals surface area contributed by atoms with Crippen LogP contribution in [0.25, 0.3) is 11.1 Å². The highest BCUT2D eigenvalue weighted by atomic mass is 16.6. The number of ether oxygens (including phenoxy) is 5. The smallest absolute Gasteiger partial charge is 0.409 e. The van der Waals surface area contributed by atoms with E-state index in [4.69, 9.17) is 28.8 Å². The molecule has 0 unspecified atom stereocenters. The van der Waals surface area contributed by atoms with Crippen molar-refractivity contribution < 1.29 is 38.4 Å². The Morgan fingerprint density at radius 3 is 1.80 bits per heavy atom. The van der Waals surface area contributed by atoms with Gasteiger partial charge in [-0.05, 0) is 22.3 Å². The second kappa shape index (κ2) is 14.4. The Bertz CT molecular complexity index is 905. The van der Waals surface area contributed by atoms with Crippen LogP contribution in [0.1, 0.15) is 17.0 Å². The largest absolute Gasteiger partial charge is 0.480 e. The Morgan fingerprint density at radius 1 is 0.771 bits per heavy atom. The van der Waals surface area contributed by atoms with Crippen molar-refractivity contribution in [2.75, 3.05) is 73.1 Å². The molecule has 0 heterocycles. The first-order valence-electron chi connectivity index (χ1n) is 11.7. The summed E-state index contributed by atoms with van der Waals surface area (Å²) in [5, 5.41) is 8.43. The molecule has 3 rings (SSSR count). The molecule has 0 aromatic heterocycles. The molecule has 1 aliphatic carbocycles. The predicted octanol–water partition coefficient (Wildman–Crippen LogP) is 3.02. The molecule has 0 spiro atoms. The fourth-order valence-electron chi connectivity index (χ4n) is 3.82. The fraction of sp³-hybridized carbons (Fsp3) is 0.462. The monoisotopic (exact) mass is 487 g/mol. The molecule has 2 aromatic carbocycles.